The van der Waals surface area contributed by atoms with Crippen molar-refractivity contribution in [2.24, 2.45) is 0 Å². The van der Waals surface area contributed by atoms with Crippen molar-refractivity contribution in [3.05, 3.63) is 28.2 Å². The van der Waals surface area contributed by atoms with E-state index in [1.807, 2.05) is 10.3 Å². The van der Waals surface area contributed by atoms with E-state index in [9.17, 15) is 27.6 Å². The summed E-state index contributed by atoms with van der Waals surface area (Å²) >= 11 is 1.65. The highest BCUT2D eigenvalue weighted by Crippen LogP contribution is 2.29. The van der Waals surface area contributed by atoms with E-state index in [0.717, 1.165) is 12.2 Å². The molecule has 0 aliphatic carbocycles. The minimum absolute atomic E-state index is 0.385. The molecule has 2 amide bonds. The number of carbonyl (C=O) groups is 2. The largest absolute Gasteiger partial charge is 0.417 e. The minimum Gasteiger partial charge on any atom is -0.334 e. The summed E-state index contributed by atoms with van der Waals surface area (Å²) in [5.41, 5.74) is -2.64. The first-order chi connectivity index (χ1) is 10.8. The second kappa shape index (κ2) is 7.07. The lowest BCUT2D eigenvalue weighted by molar-refractivity contribution is -0.142. The molecule has 1 aliphatic rings. The average Bonchev–Trinajstić information content (AvgIpc) is 2.76. The molecular weight excluding hydrogens is 335 g/mol. The summed E-state index contributed by atoms with van der Waals surface area (Å²) in [6.45, 7) is 0.786. The van der Waals surface area contributed by atoms with Gasteiger partial charge in [0.2, 0.25) is 0 Å². The van der Waals surface area contributed by atoms with Gasteiger partial charge >= 0.3 is 18.0 Å². The maximum Gasteiger partial charge on any atom is 0.417 e. The van der Waals surface area contributed by atoms with Crippen LogP contribution in [0.4, 0.5) is 18.9 Å². The number of thioether (sulfide) groups is 1. The van der Waals surface area contributed by atoms with Gasteiger partial charge in [0.1, 0.15) is 5.69 Å². The predicted molar refractivity (Wildman–Crippen MR) is 79.2 cm³/mol. The highest BCUT2D eigenvalue weighted by atomic mass is 32.2. The lowest BCUT2D eigenvalue weighted by Crippen LogP contribution is -2.41. The van der Waals surface area contributed by atoms with Crippen LogP contribution in [-0.4, -0.2) is 46.3 Å². The number of nitrogens with one attached hydrogen (secondary N) is 2. The summed E-state index contributed by atoms with van der Waals surface area (Å²) in [6.07, 6.45) is -3.44. The second-order valence-electron chi connectivity index (χ2n) is 4.84. The number of halogens is 3. The first kappa shape index (κ1) is 17.4. The third kappa shape index (κ3) is 4.50. The van der Waals surface area contributed by atoms with E-state index in [-0.39, 0.29) is 0 Å². The zero-order valence-electron chi connectivity index (χ0n) is 11.9. The number of aromatic nitrogens is 1. The monoisotopic (exact) mass is 349 g/mol. The Balaban J connectivity index is 2.13. The fourth-order valence-electron chi connectivity index (χ4n) is 2.01. The number of pyridine rings is 1. The lowest BCUT2D eigenvalue weighted by atomic mass is 10.2. The number of hydrogen-bond acceptors (Lipinski definition) is 4. The molecule has 2 N–H and O–H groups in total. The lowest BCUT2D eigenvalue weighted by Gasteiger charge is -2.19. The molecule has 2 rings (SSSR count). The SMILES string of the molecule is O=C(Nc1cc(C(F)(F)F)c[nH]c1=O)C(=O)N1CCCSCC1. The van der Waals surface area contributed by atoms with E-state index in [2.05, 4.69) is 0 Å². The zero-order chi connectivity index (χ0) is 17.0. The normalized spacial score (nSPS) is 15.9. The van der Waals surface area contributed by atoms with Crippen LogP contribution >= 0.6 is 11.8 Å². The Bertz CT molecular complexity index is 652. The van der Waals surface area contributed by atoms with Crippen LogP contribution in [0.25, 0.3) is 0 Å². The van der Waals surface area contributed by atoms with Gasteiger partial charge in [0.15, 0.2) is 0 Å². The van der Waals surface area contributed by atoms with Crippen molar-refractivity contribution in [1.82, 2.24) is 9.88 Å². The Kier molecular flexibility index (Phi) is 5.34. The number of anilines is 1. The van der Waals surface area contributed by atoms with Gasteiger partial charge in [-0.1, -0.05) is 0 Å². The van der Waals surface area contributed by atoms with Crippen molar-refractivity contribution < 1.29 is 22.8 Å². The zero-order valence-corrected chi connectivity index (χ0v) is 12.7. The van der Waals surface area contributed by atoms with E-state index in [1.54, 1.807) is 11.8 Å². The highest BCUT2D eigenvalue weighted by Gasteiger charge is 2.32. The second-order valence-corrected chi connectivity index (χ2v) is 6.07. The molecule has 1 aliphatic heterocycles. The molecule has 126 valence electrons. The molecule has 1 aromatic rings. The van der Waals surface area contributed by atoms with Crippen molar-refractivity contribution in [1.29, 1.82) is 0 Å². The molecular formula is C13H14F3N3O3S. The summed E-state index contributed by atoms with van der Waals surface area (Å²) in [5.74, 6) is -0.423. The molecule has 0 radical (unpaired) electrons. The first-order valence-corrected chi connectivity index (χ1v) is 7.92. The number of carbonyl (C=O) groups excluding carboxylic acids is 2. The summed E-state index contributed by atoms with van der Waals surface area (Å²) in [6, 6.07) is 0.502. The molecule has 0 saturated carbocycles. The van der Waals surface area contributed by atoms with Gasteiger partial charge in [-0.2, -0.15) is 24.9 Å². The van der Waals surface area contributed by atoms with Crippen LogP contribution in [0.3, 0.4) is 0 Å². The van der Waals surface area contributed by atoms with Gasteiger partial charge in [0.05, 0.1) is 5.56 Å². The number of hydrogen-bond donors (Lipinski definition) is 2. The Hall–Kier alpha value is -1.97. The molecule has 10 heteroatoms. The molecule has 23 heavy (non-hydrogen) atoms. The molecule has 0 unspecified atom stereocenters. The van der Waals surface area contributed by atoms with Gasteiger partial charge in [0, 0.05) is 25.0 Å². The van der Waals surface area contributed by atoms with Gasteiger partial charge in [0.25, 0.3) is 5.56 Å². The third-order valence-electron chi connectivity index (χ3n) is 3.18. The number of nitrogens with zero attached hydrogens (tertiary/aromatic N) is 1. The third-order valence-corrected chi connectivity index (χ3v) is 4.23. The molecule has 1 aromatic heterocycles. The summed E-state index contributed by atoms with van der Waals surface area (Å²) in [7, 11) is 0. The van der Waals surface area contributed by atoms with Crippen molar-refractivity contribution in [2.75, 3.05) is 29.9 Å². The number of rotatable bonds is 1. The molecule has 0 atom stereocenters. The first-order valence-electron chi connectivity index (χ1n) is 6.77. The summed E-state index contributed by atoms with van der Waals surface area (Å²) < 4.78 is 37.9. The van der Waals surface area contributed by atoms with Gasteiger partial charge in [-0.25, -0.2) is 0 Å². The van der Waals surface area contributed by atoms with Crippen molar-refractivity contribution in [3.8, 4) is 0 Å². The molecule has 0 aromatic carbocycles. The van der Waals surface area contributed by atoms with Crippen molar-refractivity contribution >= 4 is 29.3 Å². The van der Waals surface area contributed by atoms with Crippen molar-refractivity contribution in [3.63, 3.8) is 0 Å². The summed E-state index contributed by atoms with van der Waals surface area (Å²) in [5, 5.41) is 1.96. The van der Waals surface area contributed by atoms with Crippen LogP contribution in [0.2, 0.25) is 0 Å². The van der Waals surface area contributed by atoms with Gasteiger partial charge < -0.3 is 15.2 Å². The molecule has 1 fully saturated rings. The number of amides is 2. The standard InChI is InChI=1S/C13H14F3N3O3S/c14-13(15,16)8-6-9(10(20)17-7-8)18-11(21)12(22)19-2-1-4-23-5-3-19/h6-7H,1-5H2,(H,17,20)(H,18,21). The molecule has 0 spiro atoms. The maximum atomic E-state index is 12.6. The van der Waals surface area contributed by atoms with E-state index in [4.69, 9.17) is 0 Å². The van der Waals surface area contributed by atoms with Crippen molar-refractivity contribution in [2.45, 2.75) is 12.6 Å². The van der Waals surface area contributed by atoms with E-state index in [1.165, 1.54) is 4.90 Å². The smallest absolute Gasteiger partial charge is 0.334 e. The fraction of sp³-hybridized carbons (Fsp3) is 0.462. The Labute approximate surface area is 133 Å². The Morgan fingerprint density at radius 1 is 1.26 bits per heavy atom. The Morgan fingerprint density at radius 3 is 2.70 bits per heavy atom. The van der Waals surface area contributed by atoms with Crippen LogP contribution in [0.1, 0.15) is 12.0 Å². The van der Waals surface area contributed by atoms with Gasteiger partial charge in [-0.15, -0.1) is 0 Å². The van der Waals surface area contributed by atoms with Gasteiger partial charge in [-0.3, -0.25) is 14.4 Å². The topological polar surface area (TPSA) is 82.3 Å². The molecule has 1 saturated heterocycles. The number of alkyl halides is 3. The quantitative estimate of drug-likeness (QED) is 0.749. The van der Waals surface area contributed by atoms with E-state index >= 15 is 0 Å². The Morgan fingerprint density at radius 2 is 2.00 bits per heavy atom. The van der Waals surface area contributed by atoms with Crippen LogP contribution in [0.5, 0.6) is 0 Å². The van der Waals surface area contributed by atoms with Crippen LogP contribution in [0, 0.1) is 0 Å². The number of aromatic amines is 1. The molecule has 6 nitrogen and oxygen atoms in total. The maximum absolute atomic E-state index is 12.6. The fourth-order valence-corrected chi connectivity index (χ4v) is 2.90. The predicted octanol–water partition coefficient (Wildman–Crippen LogP) is 1.30. The van der Waals surface area contributed by atoms with E-state index < -0.39 is 34.8 Å². The van der Waals surface area contributed by atoms with Gasteiger partial charge in [-0.05, 0) is 18.2 Å². The van der Waals surface area contributed by atoms with Crippen LogP contribution in [-0.2, 0) is 15.8 Å². The number of H-pyrrole nitrogens is 1. The summed E-state index contributed by atoms with van der Waals surface area (Å²) in [4.78, 5) is 38.7. The highest BCUT2D eigenvalue weighted by molar-refractivity contribution is 7.99. The average molecular weight is 349 g/mol. The molecule has 2 heterocycles. The van der Waals surface area contributed by atoms with Crippen LogP contribution < -0.4 is 10.9 Å². The molecule has 0 bridgehead atoms. The minimum atomic E-state index is -4.67. The van der Waals surface area contributed by atoms with Crippen LogP contribution in [0.15, 0.2) is 17.1 Å². The van der Waals surface area contributed by atoms with E-state index in [0.29, 0.717) is 31.1 Å².